The van der Waals surface area contributed by atoms with Crippen molar-refractivity contribution in [2.45, 2.75) is 52.2 Å². The Kier molecular flexibility index (Phi) is 7.11. The molecule has 0 aliphatic carbocycles. The van der Waals surface area contributed by atoms with Crippen LogP contribution in [0.2, 0.25) is 0 Å². The smallest absolute Gasteiger partial charge is 0.409 e. The molecule has 3 heterocycles. The average Bonchev–Trinajstić information content (AvgIpc) is 3.27. The molecule has 0 bridgehead atoms. The lowest BCUT2D eigenvalue weighted by Crippen LogP contribution is -2.49. The third kappa shape index (κ3) is 5.98. The first kappa shape index (κ1) is 25.8. The Bertz CT molecular complexity index is 1290. The van der Waals surface area contributed by atoms with Gasteiger partial charge in [0.15, 0.2) is 0 Å². The fourth-order valence-corrected chi connectivity index (χ4v) is 4.96. The fourth-order valence-electron chi connectivity index (χ4n) is 4.96. The number of benzene rings is 2. The Morgan fingerprint density at radius 1 is 1.05 bits per heavy atom. The quantitative estimate of drug-likeness (QED) is 0.478. The van der Waals surface area contributed by atoms with Crippen LogP contribution in [-0.4, -0.2) is 47.2 Å². The molecule has 3 aromatic rings. The number of fused-ring (bicyclic) bond motifs is 1. The summed E-state index contributed by atoms with van der Waals surface area (Å²) in [5.41, 5.74) is 4.59. The molecule has 0 atom stereocenters. The maximum absolute atomic E-state index is 12.6. The zero-order chi connectivity index (χ0) is 26.8. The molecular formula is C31H35N3O4. The van der Waals surface area contributed by atoms with Gasteiger partial charge in [0.05, 0.1) is 6.61 Å². The molecule has 5 rings (SSSR count). The number of ether oxygens (including phenoxy) is 2. The molecule has 198 valence electrons. The Morgan fingerprint density at radius 3 is 2.47 bits per heavy atom. The Morgan fingerprint density at radius 2 is 1.79 bits per heavy atom. The summed E-state index contributed by atoms with van der Waals surface area (Å²) in [5, 5.41) is 2.94. The summed E-state index contributed by atoms with van der Waals surface area (Å²) in [6, 6.07) is 17.7. The van der Waals surface area contributed by atoms with Crippen molar-refractivity contribution in [2.24, 2.45) is 5.41 Å². The molecule has 0 radical (unpaired) electrons. The monoisotopic (exact) mass is 513 g/mol. The molecule has 38 heavy (non-hydrogen) atoms. The van der Waals surface area contributed by atoms with Crippen molar-refractivity contribution in [1.29, 1.82) is 0 Å². The first-order valence-electron chi connectivity index (χ1n) is 13.2. The fraction of sp³-hybridized carbons (Fsp3) is 0.387. The van der Waals surface area contributed by atoms with E-state index < -0.39 is 0 Å². The van der Waals surface area contributed by atoms with E-state index in [1.165, 1.54) is 5.56 Å². The third-order valence-corrected chi connectivity index (χ3v) is 7.12. The molecule has 2 aromatic carbocycles. The molecule has 2 aliphatic rings. The van der Waals surface area contributed by atoms with Gasteiger partial charge in [-0.25, -0.2) is 4.79 Å². The minimum Gasteiger partial charge on any atom is -0.487 e. The number of amides is 2. The highest BCUT2D eigenvalue weighted by molar-refractivity contribution is 5.94. The number of nitrogens with zero attached hydrogens (tertiary/aromatic N) is 2. The number of pyridine rings is 1. The minimum atomic E-state index is -0.266. The van der Waals surface area contributed by atoms with Gasteiger partial charge in [-0.1, -0.05) is 45.0 Å². The summed E-state index contributed by atoms with van der Waals surface area (Å²) in [7, 11) is 0. The molecule has 1 spiro atoms. The van der Waals surface area contributed by atoms with Gasteiger partial charge in [0.25, 0.3) is 5.91 Å². The maximum atomic E-state index is 12.6. The van der Waals surface area contributed by atoms with Gasteiger partial charge in [0.2, 0.25) is 0 Å². The summed E-state index contributed by atoms with van der Waals surface area (Å²) in [6.07, 6.45) is 5.62. The lowest BCUT2D eigenvalue weighted by Gasteiger charge is -2.38. The van der Waals surface area contributed by atoms with E-state index in [0.717, 1.165) is 41.7 Å². The molecule has 1 aromatic heterocycles. The summed E-state index contributed by atoms with van der Waals surface area (Å²) >= 11 is 0. The van der Waals surface area contributed by atoms with Gasteiger partial charge in [-0.05, 0) is 58.0 Å². The van der Waals surface area contributed by atoms with Crippen LogP contribution in [0, 0.1) is 5.41 Å². The number of likely N-dealkylation sites (tertiary alicyclic amines) is 1. The van der Waals surface area contributed by atoms with Crippen LogP contribution in [0.1, 0.15) is 55.1 Å². The molecule has 7 nitrogen and oxygen atoms in total. The summed E-state index contributed by atoms with van der Waals surface area (Å²) in [6.45, 7) is 8.29. The van der Waals surface area contributed by atoms with E-state index >= 15 is 0 Å². The van der Waals surface area contributed by atoms with Crippen LogP contribution < -0.4 is 10.1 Å². The lowest BCUT2D eigenvalue weighted by molar-refractivity contribution is 0.00956. The lowest BCUT2D eigenvalue weighted by atomic mass is 9.86. The molecule has 0 saturated carbocycles. The van der Waals surface area contributed by atoms with Crippen molar-refractivity contribution in [3.63, 3.8) is 0 Å². The third-order valence-electron chi connectivity index (χ3n) is 7.12. The predicted octanol–water partition coefficient (Wildman–Crippen LogP) is 5.63. The van der Waals surface area contributed by atoms with Gasteiger partial charge in [-0.2, -0.15) is 0 Å². The van der Waals surface area contributed by atoms with Crippen LogP contribution in [0.15, 0.2) is 67.0 Å². The van der Waals surface area contributed by atoms with Crippen molar-refractivity contribution >= 4 is 12.0 Å². The maximum Gasteiger partial charge on any atom is 0.409 e. The van der Waals surface area contributed by atoms with Crippen molar-refractivity contribution in [3.8, 4) is 16.9 Å². The van der Waals surface area contributed by atoms with E-state index in [2.05, 4.69) is 43.2 Å². The van der Waals surface area contributed by atoms with Gasteiger partial charge in [-0.15, -0.1) is 0 Å². The van der Waals surface area contributed by atoms with Crippen LogP contribution in [0.25, 0.3) is 11.1 Å². The number of hydrogen-bond acceptors (Lipinski definition) is 5. The first-order chi connectivity index (χ1) is 18.2. The molecule has 1 N–H and O–H groups in total. The topological polar surface area (TPSA) is 80.8 Å². The van der Waals surface area contributed by atoms with Gasteiger partial charge < -0.3 is 19.7 Å². The Labute approximate surface area is 224 Å². The molecule has 1 fully saturated rings. The second-order valence-electron chi connectivity index (χ2n) is 11.5. The van der Waals surface area contributed by atoms with Crippen LogP contribution in [0.5, 0.6) is 5.75 Å². The van der Waals surface area contributed by atoms with E-state index in [9.17, 15) is 9.59 Å². The van der Waals surface area contributed by atoms with Gasteiger partial charge in [-0.3, -0.25) is 9.78 Å². The zero-order valence-electron chi connectivity index (χ0n) is 22.3. The van der Waals surface area contributed by atoms with Crippen LogP contribution >= 0.6 is 0 Å². The standard InChI is InChI=1S/C31H35N3O4/c1-30(2,3)21-37-29(36)34-15-12-31(13-16-34)18-26-17-25(10-11-27(26)38-31)23-6-8-24(9-7-23)28(35)33-20-22-5-4-14-32-19-22/h4-11,14,17,19H,12-13,15-16,18,20-21H2,1-3H3,(H,33,35). The average molecular weight is 514 g/mol. The van der Waals surface area contributed by atoms with E-state index in [0.29, 0.717) is 31.8 Å². The number of piperidine rings is 1. The largest absolute Gasteiger partial charge is 0.487 e. The second-order valence-corrected chi connectivity index (χ2v) is 11.5. The molecule has 2 amide bonds. The summed E-state index contributed by atoms with van der Waals surface area (Å²) in [4.78, 5) is 30.9. The highest BCUT2D eigenvalue weighted by Crippen LogP contribution is 2.42. The number of nitrogens with one attached hydrogen (secondary N) is 1. The summed E-state index contributed by atoms with van der Waals surface area (Å²) in [5.74, 6) is 0.808. The minimum absolute atomic E-state index is 0.0480. The van der Waals surface area contributed by atoms with Crippen LogP contribution in [-0.2, 0) is 17.7 Å². The van der Waals surface area contributed by atoms with E-state index in [-0.39, 0.29) is 23.0 Å². The Balaban J connectivity index is 1.18. The normalized spacial score (nSPS) is 16.0. The van der Waals surface area contributed by atoms with Gasteiger partial charge in [0, 0.05) is 56.9 Å². The van der Waals surface area contributed by atoms with Crippen molar-refractivity contribution in [3.05, 3.63) is 83.7 Å². The second kappa shape index (κ2) is 10.5. The number of rotatable bonds is 5. The number of hydrogen-bond donors (Lipinski definition) is 1. The summed E-state index contributed by atoms with van der Waals surface area (Å²) < 4.78 is 11.9. The van der Waals surface area contributed by atoms with Crippen molar-refractivity contribution in [1.82, 2.24) is 15.2 Å². The van der Waals surface area contributed by atoms with Crippen LogP contribution in [0.3, 0.4) is 0 Å². The SMILES string of the molecule is CC(C)(C)COC(=O)N1CCC2(CC1)Cc1cc(-c3ccc(C(=O)NCc4cccnc4)cc3)ccc1O2. The van der Waals surface area contributed by atoms with Crippen molar-refractivity contribution < 1.29 is 19.1 Å². The van der Waals surface area contributed by atoms with Gasteiger partial charge in [0.1, 0.15) is 11.4 Å². The van der Waals surface area contributed by atoms with Crippen molar-refractivity contribution in [2.75, 3.05) is 19.7 Å². The molecular weight excluding hydrogens is 478 g/mol. The molecule has 1 saturated heterocycles. The zero-order valence-corrected chi connectivity index (χ0v) is 22.3. The predicted molar refractivity (Wildman–Crippen MR) is 146 cm³/mol. The highest BCUT2D eigenvalue weighted by Gasteiger charge is 2.43. The molecule has 7 heteroatoms. The number of aromatic nitrogens is 1. The van der Waals surface area contributed by atoms with E-state index in [1.54, 1.807) is 17.3 Å². The first-order valence-corrected chi connectivity index (χ1v) is 13.2. The van der Waals surface area contributed by atoms with E-state index in [1.807, 2.05) is 42.5 Å². The molecule has 0 unspecified atom stereocenters. The molecule has 2 aliphatic heterocycles. The van der Waals surface area contributed by atoms with E-state index in [4.69, 9.17) is 9.47 Å². The Hall–Kier alpha value is -3.87. The van der Waals surface area contributed by atoms with Gasteiger partial charge >= 0.3 is 6.09 Å². The van der Waals surface area contributed by atoms with Crippen LogP contribution in [0.4, 0.5) is 4.79 Å². The number of carbonyl (C=O) groups is 2. The highest BCUT2D eigenvalue weighted by atomic mass is 16.6. The number of carbonyl (C=O) groups excluding carboxylic acids is 2.